The molecule has 0 fully saturated rings. The van der Waals surface area contributed by atoms with Gasteiger partial charge in [-0.05, 0) is 39.2 Å². The van der Waals surface area contributed by atoms with Crippen molar-refractivity contribution in [2.75, 3.05) is 10.7 Å². The Morgan fingerprint density at radius 2 is 2.21 bits per heavy atom. The van der Waals surface area contributed by atoms with Gasteiger partial charge in [-0.2, -0.15) is 5.10 Å². The van der Waals surface area contributed by atoms with Crippen LogP contribution in [0.4, 0.5) is 5.82 Å². The lowest BCUT2D eigenvalue weighted by atomic mass is 10.0. The quantitative estimate of drug-likeness (QED) is 0.503. The van der Waals surface area contributed by atoms with Gasteiger partial charge >= 0.3 is 0 Å². The predicted octanol–water partition coefficient (Wildman–Crippen LogP) is 1.22. The van der Waals surface area contributed by atoms with Crippen molar-refractivity contribution in [2.24, 2.45) is 0 Å². The van der Waals surface area contributed by atoms with Gasteiger partial charge in [-0.3, -0.25) is 15.5 Å². The first kappa shape index (κ1) is 18.2. The van der Waals surface area contributed by atoms with Crippen LogP contribution in [0, 0.1) is 12.3 Å². The molecule has 148 valence electrons. The van der Waals surface area contributed by atoms with E-state index in [9.17, 15) is 5.11 Å². The predicted molar refractivity (Wildman–Crippen MR) is 102 cm³/mol. The minimum absolute atomic E-state index is 0.0649. The Morgan fingerprint density at radius 3 is 2.93 bits per heavy atom. The fourth-order valence-corrected chi connectivity index (χ4v) is 3.18. The van der Waals surface area contributed by atoms with E-state index in [0.29, 0.717) is 24.6 Å². The van der Waals surface area contributed by atoms with Crippen LogP contribution in [0.15, 0.2) is 29.3 Å². The van der Waals surface area contributed by atoms with Crippen molar-refractivity contribution in [3.63, 3.8) is 0 Å². The number of oxazole rings is 1. The number of rotatable bonds is 6. The smallest absolute Gasteiger partial charge is 0.245 e. The highest BCUT2D eigenvalue weighted by molar-refractivity contribution is 5.63. The minimum Gasteiger partial charge on any atom is -0.443 e. The maximum absolute atomic E-state index is 9.87. The Morgan fingerprint density at radius 1 is 1.39 bits per heavy atom. The number of nitrogens with one attached hydrogen (secondary N) is 3. The van der Waals surface area contributed by atoms with Crippen molar-refractivity contribution < 1.29 is 9.52 Å². The third-order valence-electron chi connectivity index (χ3n) is 4.68. The van der Waals surface area contributed by atoms with E-state index in [4.69, 9.17) is 9.83 Å². The van der Waals surface area contributed by atoms with Crippen LogP contribution in [0.1, 0.15) is 31.4 Å². The summed E-state index contributed by atoms with van der Waals surface area (Å²) in [6.07, 6.45) is 8.15. The fourth-order valence-electron chi connectivity index (χ4n) is 3.18. The number of hydrogen-bond donors (Lipinski definition) is 4. The summed E-state index contributed by atoms with van der Waals surface area (Å²) < 4.78 is 8.80. The van der Waals surface area contributed by atoms with Crippen molar-refractivity contribution in [1.29, 1.82) is 5.41 Å². The number of nitrogens with zero attached hydrogens (tertiary/aromatic N) is 5. The maximum Gasteiger partial charge on any atom is 0.245 e. The topological polar surface area (TPSA) is 130 Å². The van der Waals surface area contributed by atoms with Gasteiger partial charge in [0, 0.05) is 11.8 Å². The molecule has 0 saturated heterocycles. The number of aryl methyl sites for hydroxylation is 1. The van der Waals surface area contributed by atoms with Crippen molar-refractivity contribution in [3.05, 3.63) is 41.6 Å². The van der Waals surface area contributed by atoms with E-state index in [0.717, 1.165) is 23.4 Å². The van der Waals surface area contributed by atoms with Gasteiger partial charge in [0.15, 0.2) is 0 Å². The molecule has 0 saturated carbocycles. The number of hydrogen-bond acceptors (Lipinski definition) is 8. The lowest BCUT2D eigenvalue weighted by molar-refractivity contribution is 0.0714. The average molecular weight is 384 g/mol. The molecule has 0 spiro atoms. The van der Waals surface area contributed by atoms with Gasteiger partial charge in [0.2, 0.25) is 11.5 Å². The fraction of sp³-hybridized carbons (Fsp3) is 0.444. The molecule has 1 atom stereocenters. The van der Waals surface area contributed by atoms with Gasteiger partial charge in [-0.25, -0.2) is 14.6 Å². The minimum atomic E-state index is -0.690. The summed E-state index contributed by atoms with van der Waals surface area (Å²) in [5, 5.41) is 25.9. The first-order valence-electron chi connectivity index (χ1n) is 9.15. The number of aliphatic hydroxyl groups is 1. The Kier molecular flexibility index (Phi) is 4.42. The van der Waals surface area contributed by atoms with Crippen LogP contribution < -0.4 is 16.4 Å². The number of anilines is 1. The van der Waals surface area contributed by atoms with E-state index in [2.05, 4.69) is 25.8 Å². The highest BCUT2D eigenvalue weighted by Gasteiger charge is 2.26. The summed E-state index contributed by atoms with van der Waals surface area (Å²) in [5.74, 6) is 1.15. The molecular weight excluding hydrogens is 360 g/mol. The number of aromatic nitrogens is 5. The number of fused-ring (bicyclic) bond motifs is 1. The summed E-state index contributed by atoms with van der Waals surface area (Å²) in [4.78, 5) is 8.44. The molecule has 0 radical (unpaired) electrons. The van der Waals surface area contributed by atoms with E-state index in [-0.39, 0.29) is 11.8 Å². The molecule has 10 nitrogen and oxygen atoms in total. The second-order valence-corrected chi connectivity index (χ2v) is 7.64. The molecule has 1 aliphatic rings. The Balaban J connectivity index is 1.49. The van der Waals surface area contributed by atoms with Gasteiger partial charge in [-0.15, -0.1) is 0 Å². The Hall–Kier alpha value is -3.14. The molecule has 0 amide bonds. The molecule has 28 heavy (non-hydrogen) atoms. The second kappa shape index (κ2) is 6.79. The molecule has 4 heterocycles. The first-order chi connectivity index (χ1) is 13.3. The Labute approximate surface area is 161 Å². The second-order valence-electron chi connectivity index (χ2n) is 7.64. The Bertz CT molecular complexity index is 1030. The van der Waals surface area contributed by atoms with Crippen molar-refractivity contribution in [2.45, 2.75) is 51.9 Å². The van der Waals surface area contributed by atoms with Crippen LogP contribution in [0.2, 0.25) is 0 Å². The standard InChI is InChI=1S/C18H24N8O2/c1-11-14(16-20-6-7-28-16)23-17(19)26-15(11)22-13(24-26)10-25-9-12(8-21-25)4-5-18(2,3)27/h6-9,13,19,22,24,27H,4-5,10H2,1-3H3. The van der Waals surface area contributed by atoms with Crippen LogP contribution in [-0.2, 0) is 13.0 Å². The highest BCUT2D eigenvalue weighted by atomic mass is 16.3. The third kappa shape index (κ3) is 3.63. The molecular formula is C18H24N8O2. The molecule has 1 aliphatic heterocycles. The van der Waals surface area contributed by atoms with Crippen molar-refractivity contribution in [3.8, 4) is 11.6 Å². The van der Waals surface area contributed by atoms with Gasteiger partial charge in [0.25, 0.3) is 0 Å². The average Bonchev–Trinajstić information content (AvgIpc) is 3.36. The zero-order valence-corrected chi connectivity index (χ0v) is 16.1. The summed E-state index contributed by atoms with van der Waals surface area (Å²) in [7, 11) is 0. The summed E-state index contributed by atoms with van der Waals surface area (Å²) in [6, 6.07) is 0. The van der Waals surface area contributed by atoms with Crippen molar-refractivity contribution >= 4 is 5.82 Å². The van der Waals surface area contributed by atoms with Gasteiger partial charge < -0.3 is 14.8 Å². The van der Waals surface area contributed by atoms with E-state index in [1.807, 2.05) is 24.0 Å². The third-order valence-corrected chi connectivity index (χ3v) is 4.68. The van der Waals surface area contributed by atoms with Crippen LogP contribution in [0.3, 0.4) is 0 Å². The van der Waals surface area contributed by atoms with E-state index < -0.39 is 5.60 Å². The molecule has 0 bridgehead atoms. The summed E-state index contributed by atoms with van der Waals surface area (Å²) in [6.45, 7) is 6.09. The molecule has 1 unspecified atom stereocenters. The monoisotopic (exact) mass is 384 g/mol. The lowest BCUT2D eigenvalue weighted by Gasteiger charge is -2.15. The highest BCUT2D eigenvalue weighted by Crippen LogP contribution is 2.26. The SMILES string of the molecule is Cc1c(-c2ncco2)nc(=N)n2c1NC(Cn1cc(CCC(C)(C)O)cn1)N2. The van der Waals surface area contributed by atoms with E-state index in [1.165, 1.54) is 6.26 Å². The van der Waals surface area contributed by atoms with E-state index in [1.54, 1.807) is 24.7 Å². The molecule has 4 rings (SSSR count). The van der Waals surface area contributed by atoms with Crippen LogP contribution in [-0.4, -0.2) is 41.3 Å². The normalized spacial score (nSPS) is 15.9. The molecule has 10 heteroatoms. The van der Waals surface area contributed by atoms with Crippen LogP contribution in [0.25, 0.3) is 11.6 Å². The van der Waals surface area contributed by atoms with Gasteiger partial charge in [0.05, 0.1) is 24.5 Å². The lowest BCUT2D eigenvalue weighted by Crippen LogP contribution is -2.35. The largest absolute Gasteiger partial charge is 0.443 e. The zero-order valence-electron chi connectivity index (χ0n) is 16.1. The molecule has 3 aromatic rings. The van der Waals surface area contributed by atoms with E-state index >= 15 is 0 Å². The molecule has 0 aromatic carbocycles. The maximum atomic E-state index is 9.87. The van der Waals surface area contributed by atoms with Crippen LogP contribution >= 0.6 is 0 Å². The van der Waals surface area contributed by atoms with Gasteiger partial charge in [0.1, 0.15) is 23.9 Å². The zero-order chi connectivity index (χ0) is 19.9. The molecule has 3 aromatic heterocycles. The molecule has 4 N–H and O–H groups in total. The first-order valence-corrected chi connectivity index (χ1v) is 9.15. The van der Waals surface area contributed by atoms with Crippen molar-refractivity contribution in [1.82, 2.24) is 24.4 Å². The molecule has 0 aliphatic carbocycles. The summed E-state index contributed by atoms with van der Waals surface area (Å²) >= 11 is 0. The van der Waals surface area contributed by atoms with Gasteiger partial charge in [-0.1, -0.05) is 0 Å². The van der Waals surface area contributed by atoms with Crippen LogP contribution in [0.5, 0.6) is 0 Å². The summed E-state index contributed by atoms with van der Waals surface area (Å²) in [5.41, 5.74) is 5.08.